The van der Waals surface area contributed by atoms with Crippen molar-refractivity contribution in [2.24, 2.45) is 0 Å². The van der Waals surface area contributed by atoms with Crippen molar-refractivity contribution in [1.29, 1.82) is 0 Å². The Bertz CT molecular complexity index is 725. The average molecular weight is 431 g/mol. The van der Waals surface area contributed by atoms with Crippen molar-refractivity contribution < 1.29 is 28.8 Å². The van der Waals surface area contributed by atoms with Crippen LogP contribution in [-0.4, -0.2) is 55.6 Å². The Labute approximate surface area is 185 Å². The van der Waals surface area contributed by atoms with Gasteiger partial charge in [-0.25, -0.2) is 0 Å². The standard InChI is InChI=1S/C25H34O6/c1-3-15-29-24-22(26)25(28-4-2)31-23(24)21(30-17-20-13-9-6-10-14-20)18-27-16-19-11-7-5-8-12-19/h5-14,21-26H,3-4,15-18H2,1-2H3/t21-,22-,23-,24-,25?/m1/s1. The van der Waals surface area contributed by atoms with Gasteiger partial charge in [-0.3, -0.25) is 0 Å². The molecule has 1 unspecified atom stereocenters. The number of benzene rings is 2. The van der Waals surface area contributed by atoms with Gasteiger partial charge in [0.2, 0.25) is 0 Å². The van der Waals surface area contributed by atoms with Crippen molar-refractivity contribution in [3.05, 3.63) is 71.8 Å². The molecule has 2 aromatic rings. The second-order valence-corrected chi connectivity index (χ2v) is 7.59. The van der Waals surface area contributed by atoms with Gasteiger partial charge in [0.25, 0.3) is 0 Å². The van der Waals surface area contributed by atoms with Crippen molar-refractivity contribution in [2.45, 2.75) is 64.2 Å². The molecule has 1 N–H and O–H groups in total. The molecule has 5 atom stereocenters. The summed E-state index contributed by atoms with van der Waals surface area (Å²) in [6.45, 7) is 6.06. The molecule has 1 aliphatic rings. The number of aliphatic hydroxyl groups excluding tert-OH is 1. The van der Waals surface area contributed by atoms with Crippen LogP contribution < -0.4 is 0 Å². The molecule has 1 fully saturated rings. The summed E-state index contributed by atoms with van der Waals surface area (Å²) in [5, 5.41) is 10.7. The molecule has 0 aromatic heterocycles. The number of rotatable bonds is 13. The first-order valence-corrected chi connectivity index (χ1v) is 11.1. The molecular weight excluding hydrogens is 396 g/mol. The lowest BCUT2D eigenvalue weighted by atomic mass is 10.1. The summed E-state index contributed by atoms with van der Waals surface area (Å²) in [7, 11) is 0. The monoisotopic (exact) mass is 430 g/mol. The Morgan fingerprint density at radius 2 is 1.55 bits per heavy atom. The molecule has 6 nitrogen and oxygen atoms in total. The van der Waals surface area contributed by atoms with E-state index in [9.17, 15) is 5.11 Å². The van der Waals surface area contributed by atoms with Crippen LogP contribution in [-0.2, 0) is 36.9 Å². The number of hydrogen-bond donors (Lipinski definition) is 1. The Kier molecular flexibility index (Phi) is 9.93. The molecule has 31 heavy (non-hydrogen) atoms. The largest absolute Gasteiger partial charge is 0.385 e. The quantitative estimate of drug-likeness (QED) is 0.523. The van der Waals surface area contributed by atoms with Crippen LogP contribution >= 0.6 is 0 Å². The summed E-state index contributed by atoms with van der Waals surface area (Å²) < 4.78 is 29.9. The van der Waals surface area contributed by atoms with Gasteiger partial charge in [0, 0.05) is 13.2 Å². The molecule has 2 aromatic carbocycles. The van der Waals surface area contributed by atoms with E-state index in [0.717, 1.165) is 17.5 Å². The topological polar surface area (TPSA) is 66.4 Å². The molecule has 0 aliphatic carbocycles. The third-order valence-electron chi connectivity index (χ3n) is 5.14. The molecule has 6 heteroatoms. The van der Waals surface area contributed by atoms with E-state index < -0.39 is 30.7 Å². The third-order valence-corrected chi connectivity index (χ3v) is 5.14. The Morgan fingerprint density at radius 3 is 2.16 bits per heavy atom. The Morgan fingerprint density at radius 1 is 0.903 bits per heavy atom. The second kappa shape index (κ2) is 12.9. The van der Waals surface area contributed by atoms with E-state index in [2.05, 4.69) is 0 Å². The summed E-state index contributed by atoms with van der Waals surface area (Å²) in [4.78, 5) is 0. The minimum Gasteiger partial charge on any atom is -0.385 e. The predicted molar refractivity (Wildman–Crippen MR) is 117 cm³/mol. The highest BCUT2D eigenvalue weighted by Gasteiger charge is 2.49. The van der Waals surface area contributed by atoms with E-state index in [-0.39, 0.29) is 0 Å². The first-order valence-electron chi connectivity index (χ1n) is 11.1. The number of aliphatic hydroxyl groups is 1. The van der Waals surface area contributed by atoms with Crippen LogP contribution in [0.2, 0.25) is 0 Å². The molecule has 3 rings (SSSR count). The van der Waals surface area contributed by atoms with Gasteiger partial charge in [-0.05, 0) is 24.5 Å². The highest BCUT2D eigenvalue weighted by atomic mass is 16.7. The fourth-order valence-corrected chi connectivity index (χ4v) is 3.59. The smallest absolute Gasteiger partial charge is 0.186 e. The van der Waals surface area contributed by atoms with Crippen molar-refractivity contribution in [2.75, 3.05) is 19.8 Å². The number of hydrogen-bond acceptors (Lipinski definition) is 6. The molecular formula is C25H34O6. The van der Waals surface area contributed by atoms with Gasteiger partial charge in [0.1, 0.15) is 24.4 Å². The lowest BCUT2D eigenvalue weighted by Gasteiger charge is -2.28. The Hall–Kier alpha value is -1.80. The summed E-state index contributed by atoms with van der Waals surface area (Å²) in [5.41, 5.74) is 2.14. The zero-order chi connectivity index (χ0) is 21.9. The maximum absolute atomic E-state index is 10.7. The van der Waals surface area contributed by atoms with Crippen LogP contribution in [0.3, 0.4) is 0 Å². The second-order valence-electron chi connectivity index (χ2n) is 7.59. The van der Waals surface area contributed by atoms with Crippen LogP contribution in [0, 0.1) is 0 Å². The van der Waals surface area contributed by atoms with E-state index in [1.807, 2.05) is 74.5 Å². The van der Waals surface area contributed by atoms with E-state index in [1.165, 1.54) is 0 Å². The number of ether oxygens (including phenoxy) is 5. The van der Waals surface area contributed by atoms with Gasteiger partial charge in [-0.1, -0.05) is 67.6 Å². The molecule has 170 valence electrons. The minimum atomic E-state index is -0.881. The summed E-state index contributed by atoms with van der Waals surface area (Å²) in [5.74, 6) is 0. The first-order chi connectivity index (χ1) is 15.2. The van der Waals surface area contributed by atoms with Crippen molar-refractivity contribution >= 4 is 0 Å². The fraction of sp³-hybridized carbons (Fsp3) is 0.520. The lowest BCUT2D eigenvalue weighted by molar-refractivity contribution is -0.189. The summed E-state index contributed by atoms with van der Waals surface area (Å²) >= 11 is 0. The molecule has 1 heterocycles. The predicted octanol–water partition coefficient (Wildman–Crippen LogP) is 3.71. The molecule has 1 saturated heterocycles. The minimum absolute atomic E-state index is 0.309. The normalized spacial score (nSPS) is 24.4. The van der Waals surface area contributed by atoms with Crippen LogP contribution in [0.1, 0.15) is 31.4 Å². The van der Waals surface area contributed by atoms with Crippen LogP contribution in [0.25, 0.3) is 0 Å². The first kappa shape index (κ1) is 23.9. The zero-order valence-electron chi connectivity index (χ0n) is 18.4. The molecule has 0 bridgehead atoms. The van der Waals surface area contributed by atoms with Crippen molar-refractivity contribution in [1.82, 2.24) is 0 Å². The van der Waals surface area contributed by atoms with Crippen LogP contribution in [0.15, 0.2) is 60.7 Å². The molecule has 0 radical (unpaired) electrons. The van der Waals surface area contributed by atoms with E-state index in [1.54, 1.807) is 0 Å². The van der Waals surface area contributed by atoms with E-state index >= 15 is 0 Å². The van der Waals surface area contributed by atoms with Gasteiger partial charge in [0.15, 0.2) is 6.29 Å². The maximum atomic E-state index is 10.7. The van der Waals surface area contributed by atoms with Crippen molar-refractivity contribution in [3.8, 4) is 0 Å². The van der Waals surface area contributed by atoms with Gasteiger partial charge < -0.3 is 28.8 Å². The molecule has 0 saturated carbocycles. The summed E-state index contributed by atoms with van der Waals surface area (Å²) in [6, 6.07) is 20.0. The fourth-order valence-electron chi connectivity index (χ4n) is 3.59. The van der Waals surface area contributed by atoms with Gasteiger partial charge in [-0.2, -0.15) is 0 Å². The zero-order valence-corrected chi connectivity index (χ0v) is 18.4. The molecule has 0 amide bonds. The molecule has 1 aliphatic heterocycles. The highest BCUT2D eigenvalue weighted by Crippen LogP contribution is 2.29. The van der Waals surface area contributed by atoms with Crippen molar-refractivity contribution in [3.63, 3.8) is 0 Å². The van der Waals surface area contributed by atoms with Crippen LogP contribution in [0.5, 0.6) is 0 Å². The highest BCUT2D eigenvalue weighted by molar-refractivity contribution is 5.14. The van der Waals surface area contributed by atoms with E-state index in [0.29, 0.717) is 33.0 Å². The Balaban J connectivity index is 1.70. The van der Waals surface area contributed by atoms with E-state index in [4.69, 9.17) is 23.7 Å². The van der Waals surface area contributed by atoms with Gasteiger partial charge in [0.05, 0.1) is 19.8 Å². The average Bonchev–Trinajstić information content (AvgIpc) is 3.11. The van der Waals surface area contributed by atoms with Gasteiger partial charge in [-0.15, -0.1) is 0 Å². The third kappa shape index (κ3) is 7.10. The van der Waals surface area contributed by atoms with Crippen LogP contribution in [0.4, 0.5) is 0 Å². The SMILES string of the molecule is CCCO[C@H]1[C@@H]([C@@H](COCc2ccccc2)OCc2ccccc2)OC(OCC)[C@@H]1O. The van der Waals surface area contributed by atoms with Gasteiger partial charge >= 0.3 is 0 Å². The maximum Gasteiger partial charge on any atom is 0.186 e. The molecule has 0 spiro atoms. The lowest BCUT2D eigenvalue weighted by Crippen LogP contribution is -2.44. The summed E-state index contributed by atoms with van der Waals surface area (Å²) in [6.07, 6.45) is -2.25.